The van der Waals surface area contributed by atoms with Crippen molar-refractivity contribution in [3.63, 3.8) is 0 Å². The van der Waals surface area contributed by atoms with Crippen molar-refractivity contribution < 1.29 is 0 Å². The van der Waals surface area contributed by atoms with E-state index in [9.17, 15) is 0 Å². The van der Waals surface area contributed by atoms with Crippen LogP contribution in [0.15, 0.2) is 42.5 Å². The van der Waals surface area contributed by atoms with Crippen molar-refractivity contribution in [1.82, 2.24) is 14.8 Å². The number of nitrogens with two attached hydrogens (primary N) is 1. The molecule has 0 saturated heterocycles. The molecular weight excluding hydrogens is 371 g/mol. The molecule has 6 nitrogen and oxygen atoms in total. The molecule has 9 heteroatoms. The minimum atomic E-state index is -0.0277. The predicted octanol–water partition coefficient (Wildman–Crippen LogP) is 4.03. The Labute approximate surface area is 152 Å². The fourth-order valence-corrected chi connectivity index (χ4v) is 2.94. The summed E-state index contributed by atoms with van der Waals surface area (Å²) < 4.78 is 1.36. The molecule has 0 saturated carbocycles. The Kier molecular flexibility index (Phi) is 4.62. The Balaban J connectivity index is 2.08. The minimum Gasteiger partial charge on any atom is -0.380 e. The number of benzene rings is 2. The highest BCUT2D eigenvalue weighted by atomic mass is 35.5. The van der Waals surface area contributed by atoms with Gasteiger partial charge in [0.2, 0.25) is 5.95 Å². The zero-order valence-corrected chi connectivity index (χ0v) is 14.4. The van der Waals surface area contributed by atoms with Crippen molar-refractivity contribution in [2.75, 3.05) is 11.1 Å². The first-order chi connectivity index (χ1) is 11.5. The van der Waals surface area contributed by atoms with Gasteiger partial charge in [0, 0.05) is 5.02 Å². The number of rotatable bonds is 3. The molecule has 2 aromatic carbocycles. The Morgan fingerprint density at radius 1 is 1.04 bits per heavy atom. The Hall–Kier alpha value is -2.28. The van der Waals surface area contributed by atoms with Crippen LogP contribution in [0.5, 0.6) is 0 Å². The average Bonchev–Trinajstić information content (AvgIpc) is 2.54. The quantitative estimate of drug-likeness (QED) is 0.638. The van der Waals surface area contributed by atoms with Gasteiger partial charge in [-0.25, -0.2) is 4.68 Å². The molecule has 0 amide bonds. The number of para-hydroxylation sites is 1. The lowest BCUT2D eigenvalue weighted by atomic mass is 10.3. The second-order valence-electron chi connectivity index (χ2n) is 4.79. The molecule has 4 N–H and O–H groups in total. The molecule has 0 spiro atoms. The van der Waals surface area contributed by atoms with Crippen LogP contribution in [0, 0.1) is 5.41 Å². The second kappa shape index (κ2) is 6.68. The van der Waals surface area contributed by atoms with Crippen molar-refractivity contribution >= 4 is 52.3 Å². The van der Waals surface area contributed by atoms with Crippen LogP contribution in [-0.2, 0) is 0 Å². The van der Waals surface area contributed by atoms with Gasteiger partial charge in [-0.15, -0.1) is 5.10 Å². The van der Waals surface area contributed by atoms with Gasteiger partial charge in [-0.3, -0.25) is 5.41 Å². The number of halogens is 3. The molecule has 0 radical (unpaired) electrons. The summed E-state index contributed by atoms with van der Waals surface area (Å²) in [6, 6.07) is 12.2. The maximum atomic E-state index is 8.04. The van der Waals surface area contributed by atoms with Crippen molar-refractivity contribution in [3.05, 3.63) is 63.0 Å². The van der Waals surface area contributed by atoms with Crippen LogP contribution in [-0.4, -0.2) is 14.8 Å². The van der Waals surface area contributed by atoms with Crippen LogP contribution >= 0.6 is 34.8 Å². The fourth-order valence-electron chi connectivity index (χ4n) is 2.03. The van der Waals surface area contributed by atoms with Gasteiger partial charge in [0.25, 0.3) is 0 Å². The first-order valence-corrected chi connectivity index (χ1v) is 7.87. The summed E-state index contributed by atoms with van der Waals surface area (Å²) in [6.45, 7) is 0. The van der Waals surface area contributed by atoms with Crippen molar-refractivity contribution in [1.29, 1.82) is 5.41 Å². The van der Waals surface area contributed by atoms with E-state index in [0.29, 0.717) is 26.4 Å². The van der Waals surface area contributed by atoms with Crippen LogP contribution in [0.3, 0.4) is 0 Å². The number of aromatic nitrogens is 3. The van der Waals surface area contributed by atoms with E-state index in [1.54, 1.807) is 24.3 Å². The molecule has 122 valence electrons. The molecule has 0 aliphatic carbocycles. The number of hydrogen-bond donors (Lipinski definition) is 3. The van der Waals surface area contributed by atoms with Crippen LogP contribution in [0.2, 0.25) is 15.1 Å². The summed E-state index contributed by atoms with van der Waals surface area (Å²) in [6.07, 6.45) is 0. The fraction of sp³-hybridized carbons (Fsp3) is 0. The predicted molar refractivity (Wildman–Crippen MR) is 96.4 cm³/mol. The molecule has 1 aromatic heterocycles. The number of nitrogens with zero attached hydrogens (tertiary/aromatic N) is 3. The highest BCUT2D eigenvalue weighted by molar-refractivity contribution is 6.41. The highest BCUT2D eigenvalue weighted by Gasteiger charge is 2.12. The van der Waals surface area contributed by atoms with Gasteiger partial charge in [-0.2, -0.15) is 4.98 Å². The molecule has 24 heavy (non-hydrogen) atoms. The molecule has 0 bridgehead atoms. The molecular formula is C15H11Cl3N6. The van der Waals surface area contributed by atoms with Gasteiger partial charge >= 0.3 is 0 Å². The molecule has 0 unspecified atom stereocenters. The molecule has 1 heterocycles. The zero-order chi connectivity index (χ0) is 17.3. The first-order valence-electron chi connectivity index (χ1n) is 6.74. The summed E-state index contributed by atoms with van der Waals surface area (Å²) in [4.78, 5) is 4.06. The van der Waals surface area contributed by atoms with E-state index >= 15 is 0 Å². The maximum Gasteiger partial charge on any atom is 0.247 e. The first kappa shape index (κ1) is 16.6. The number of hydrogen-bond acceptors (Lipinski definition) is 5. The Morgan fingerprint density at radius 3 is 2.29 bits per heavy atom. The molecule has 0 aliphatic rings. The largest absolute Gasteiger partial charge is 0.380 e. The zero-order valence-electron chi connectivity index (χ0n) is 12.1. The van der Waals surface area contributed by atoms with E-state index in [-0.39, 0.29) is 17.3 Å². The van der Waals surface area contributed by atoms with Crippen LogP contribution in [0.1, 0.15) is 0 Å². The van der Waals surface area contributed by atoms with Gasteiger partial charge in [-0.1, -0.05) is 53.0 Å². The smallest absolute Gasteiger partial charge is 0.247 e. The van der Waals surface area contributed by atoms with Crippen molar-refractivity contribution in [3.8, 4) is 5.69 Å². The van der Waals surface area contributed by atoms with E-state index in [0.717, 1.165) is 0 Å². The topological polar surface area (TPSA) is 92.6 Å². The van der Waals surface area contributed by atoms with E-state index in [1.807, 2.05) is 18.2 Å². The van der Waals surface area contributed by atoms with Gasteiger partial charge in [-0.05, 0) is 24.3 Å². The SMILES string of the molecule is N=c1c(N)nc(Nc2c(Cl)cc(Cl)cc2Cl)nn1-c1ccccc1. The monoisotopic (exact) mass is 380 g/mol. The van der Waals surface area contributed by atoms with E-state index in [1.165, 1.54) is 4.68 Å². The van der Waals surface area contributed by atoms with Crippen LogP contribution < -0.4 is 16.5 Å². The normalized spacial score (nSPS) is 10.6. The third-order valence-corrected chi connectivity index (χ3v) is 3.93. The molecule has 0 aliphatic heterocycles. The lowest BCUT2D eigenvalue weighted by Gasteiger charge is -2.12. The van der Waals surface area contributed by atoms with Crippen LogP contribution in [0.4, 0.5) is 17.5 Å². The van der Waals surface area contributed by atoms with Gasteiger partial charge < -0.3 is 11.1 Å². The maximum absolute atomic E-state index is 8.04. The third kappa shape index (κ3) is 3.31. The number of anilines is 3. The summed E-state index contributed by atoms with van der Waals surface area (Å²) in [5, 5.41) is 16.3. The van der Waals surface area contributed by atoms with Gasteiger partial charge in [0.15, 0.2) is 11.3 Å². The molecule has 0 atom stereocenters. The van der Waals surface area contributed by atoms with Crippen molar-refractivity contribution in [2.24, 2.45) is 0 Å². The summed E-state index contributed by atoms with van der Waals surface area (Å²) >= 11 is 18.2. The molecule has 0 fully saturated rings. The number of nitrogens with one attached hydrogen (secondary N) is 2. The van der Waals surface area contributed by atoms with E-state index in [2.05, 4.69) is 15.4 Å². The average molecular weight is 382 g/mol. The van der Waals surface area contributed by atoms with Gasteiger partial charge in [0.05, 0.1) is 21.4 Å². The summed E-state index contributed by atoms with van der Waals surface area (Å²) in [5.41, 5.74) is 6.87. The van der Waals surface area contributed by atoms with E-state index < -0.39 is 0 Å². The highest BCUT2D eigenvalue weighted by Crippen LogP contribution is 2.34. The number of nitrogen functional groups attached to an aromatic ring is 1. The van der Waals surface area contributed by atoms with Crippen LogP contribution in [0.25, 0.3) is 5.69 Å². The summed E-state index contributed by atoms with van der Waals surface area (Å²) in [7, 11) is 0. The molecule has 3 rings (SSSR count). The lowest BCUT2D eigenvalue weighted by Crippen LogP contribution is -2.26. The lowest BCUT2D eigenvalue weighted by molar-refractivity contribution is 0.761. The summed E-state index contributed by atoms with van der Waals surface area (Å²) in [5.74, 6) is 0.163. The second-order valence-corrected chi connectivity index (χ2v) is 6.04. The minimum absolute atomic E-state index is 0.0116. The van der Waals surface area contributed by atoms with Crippen molar-refractivity contribution in [2.45, 2.75) is 0 Å². The van der Waals surface area contributed by atoms with Gasteiger partial charge in [0.1, 0.15) is 0 Å². The third-order valence-electron chi connectivity index (χ3n) is 3.12. The Morgan fingerprint density at radius 2 is 1.67 bits per heavy atom. The van der Waals surface area contributed by atoms with E-state index in [4.69, 9.17) is 45.9 Å². The standard InChI is InChI=1S/C15H11Cl3N6/c16-8-6-10(17)12(11(18)7-8)21-15-22-13(19)14(20)24(23-15)9-4-2-1-3-5-9/h1-7,20H,(H3,19,21,22,23). The Bertz CT molecular complexity index is 932. The molecule has 3 aromatic rings.